The zero-order valence-corrected chi connectivity index (χ0v) is 14.4. The van der Waals surface area contributed by atoms with Crippen LogP contribution in [-0.4, -0.2) is 31.6 Å². The number of pyridine rings is 1. The molecule has 0 radical (unpaired) electrons. The molecule has 0 fully saturated rings. The van der Waals surface area contributed by atoms with Crippen molar-refractivity contribution in [3.63, 3.8) is 0 Å². The van der Waals surface area contributed by atoms with Crippen LogP contribution in [0.5, 0.6) is 5.75 Å². The third-order valence-electron chi connectivity index (χ3n) is 3.01. The van der Waals surface area contributed by atoms with E-state index in [1.165, 1.54) is 12.1 Å². The molecule has 0 bridgehead atoms. The van der Waals surface area contributed by atoms with Gasteiger partial charge in [-0.1, -0.05) is 15.9 Å². The van der Waals surface area contributed by atoms with E-state index >= 15 is 0 Å². The van der Waals surface area contributed by atoms with Crippen molar-refractivity contribution in [3.05, 3.63) is 52.4 Å². The summed E-state index contributed by atoms with van der Waals surface area (Å²) in [5.74, 6) is 0.0135. The van der Waals surface area contributed by atoms with Crippen LogP contribution in [-0.2, 0) is 11.3 Å². The van der Waals surface area contributed by atoms with Crippen molar-refractivity contribution < 1.29 is 13.9 Å². The maximum absolute atomic E-state index is 13.6. The molecule has 2 aromatic rings. The van der Waals surface area contributed by atoms with E-state index in [2.05, 4.69) is 26.2 Å². The highest BCUT2D eigenvalue weighted by atomic mass is 79.9. The molecule has 23 heavy (non-hydrogen) atoms. The number of carbonyl (C=O) groups is 1. The van der Waals surface area contributed by atoms with Gasteiger partial charge in [-0.25, -0.2) is 9.37 Å². The molecular formula is C16H17BrFN3O2. The fourth-order valence-electron chi connectivity index (χ4n) is 1.80. The first-order valence-electron chi connectivity index (χ1n) is 6.92. The summed E-state index contributed by atoms with van der Waals surface area (Å²) in [6.07, 6.45) is 1.69. The van der Waals surface area contributed by atoms with Gasteiger partial charge in [-0.3, -0.25) is 4.79 Å². The van der Waals surface area contributed by atoms with Gasteiger partial charge in [0.1, 0.15) is 5.82 Å². The molecular weight excluding hydrogens is 365 g/mol. The SMILES string of the molecule is CN(C)c1cc(CNC(=O)COc2ccc(Br)cc2F)ccn1. The van der Waals surface area contributed by atoms with Gasteiger partial charge in [-0.05, 0) is 35.9 Å². The zero-order chi connectivity index (χ0) is 16.8. The van der Waals surface area contributed by atoms with Gasteiger partial charge in [0.05, 0.1) is 0 Å². The van der Waals surface area contributed by atoms with Gasteiger partial charge in [0, 0.05) is 31.3 Å². The number of nitrogens with one attached hydrogen (secondary N) is 1. The van der Waals surface area contributed by atoms with Crippen molar-refractivity contribution in [1.29, 1.82) is 0 Å². The Hall–Kier alpha value is -2.15. The third kappa shape index (κ3) is 5.21. The first kappa shape index (κ1) is 17.2. The summed E-state index contributed by atoms with van der Waals surface area (Å²) in [5, 5.41) is 2.72. The zero-order valence-electron chi connectivity index (χ0n) is 12.8. The molecule has 0 aliphatic rings. The number of benzene rings is 1. The largest absolute Gasteiger partial charge is 0.481 e. The maximum atomic E-state index is 13.6. The topological polar surface area (TPSA) is 54.5 Å². The molecule has 2 rings (SSSR count). The highest BCUT2D eigenvalue weighted by molar-refractivity contribution is 9.10. The predicted molar refractivity (Wildman–Crippen MR) is 90.0 cm³/mol. The Bertz CT molecular complexity index is 695. The van der Waals surface area contributed by atoms with Crippen LogP contribution in [0, 0.1) is 5.82 Å². The molecule has 5 nitrogen and oxygen atoms in total. The second kappa shape index (κ2) is 7.92. The van der Waals surface area contributed by atoms with Gasteiger partial charge in [0.2, 0.25) is 0 Å². The molecule has 1 aromatic heterocycles. The molecule has 7 heteroatoms. The Balaban J connectivity index is 1.84. The van der Waals surface area contributed by atoms with Crippen molar-refractivity contribution in [2.75, 3.05) is 25.6 Å². The van der Waals surface area contributed by atoms with Gasteiger partial charge >= 0.3 is 0 Å². The summed E-state index contributed by atoms with van der Waals surface area (Å²) in [7, 11) is 3.79. The molecule has 1 aromatic carbocycles. The smallest absolute Gasteiger partial charge is 0.258 e. The van der Waals surface area contributed by atoms with Crippen LogP contribution in [0.1, 0.15) is 5.56 Å². The molecule has 122 valence electrons. The molecule has 0 saturated heterocycles. The highest BCUT2D eigenvalue weighted by Gasteiger charge is 2.08. The van der Waals surface area contributed by atoms with E-state index < -0.39 is 5.82 Å². The van der Waals surface area contributed by atoms with Crippen molar-refractivity contribution >= 4 is 27.7 Å². The number of amides is 1. The molecule has 1 amide bonds. The average molecular weight is 382 g/mol. The summed E-state index contributed by atoms with van der Waals surface area (Å²) in [4.78, 5) is 17.9. The van der Waals surface area contributed by atoms with E-state index in [0.29, 0.717) is 11.0 Å². The van der Waals surface area contributed by atoms with Gasteiger partial charge in [-0.15, -0.1) is 0 Å². The summed E-state index contributed by atoms with van der Waals surface area (Å²) < 4.78 is 19.4. The van der Waals surface area contributed by atoms with Gasteiger partial charge in [0.15, 0.2) is 18.2 Å². The monoisotopic (exact) mass is 381 g/mol. The number of ether oxygens (including phenoxy) is 1. The number of anilines is 1. The summed E-state index contributed by atoms with van der Waals surface area (Å²) in [6, 6.07) is 8.11. The quantitative estimate of drug-likeness (QED) is 0.835. The van der Waals surface area contributed by atoms with Crippen LogP contribution < -0.4 is 15.0 Å². The molecule has 0 atom stereocenters. The lowest BCUT2D eigenvalue weighted by molar-refractivity contribution is -0.123. The van der Waals surface area contributed by atoms with Crippen LogP contribution in [0.15, 0.2) is 41.0 Å². The fourth-order valence-corrected chi connectivity index (χ4v) is 2.14. The number of carbonyl (C=O) groups excluding carboxylic acids is 1. The van der Waals surface area contributed by atoms with E-state index in [4.69, 9.17) is 4.74 Å². The fraction of sp³-hybridized carbons (Fsp3) is 0.250. The van der Waals surface area contributed by atoms with Crippen molar-refractivity contribution in [1.82, 2.24) is 10.3 Å². The normalized spacial score (nSPS) is 10.3. The Kier molecular flexibility index (Phi) is 5.92. The molecule has 0 unspecified atom stereocenters. The average Bonchev–Trinajstić information content (AvgIpc) is 2.52. The van der Waals surface area contributed by atoms with E-state index in [1.807, 2.05) is 31.1 Å². The molecule has 1 heterocycles. The number of rotatable bonds is 6. The van der Waals surface area contributed by atoms with E-state index in [-0.39, 0.29) is 18.3 Å². The number of hydrogen-bond acceptors (Lipinski definition) is 4. The lowest BCUT2D eigenvalue weighted by Gasteiger charge is -2.12. The predicted octanol–water partition coefficient (Wildman–Crippen LogP) is 2.74. The van der Waals surface area contributed by atoms with Crippen LogP contribution in [0.3, 0.4) is 0 Å². The second-order valence-electron chi connectivity index (χ2n) is 5.06. The summed E-state index contributed by atoms with van der Waals surface area (Å²) in [5.41, 5.74) is 0.923. The van der Waals surface area contributed by atoms with Crippen LogP contribution >= 0.6 is 15.9 Å². The minimum Gasteiger partial charge on any atom is -0.481 e. The van der Waals surface area contributed by atoms with Crippen molar-refractivity contribution in [2.45, 2.75) is 6.54 Å². The van der Waals surface area contributed by atoms with E-state index in [9.17, 15) is 9.18 Å². The second-order valence-corrected chi connectivity index (χ2v) is 5.97. The number of aromatic nitrogens is 1. The number of halogens is 2. The minimum atomic E-state index is -0.517. The molecule has 0 aliphatic heterocycles. The Labute approximate surface area is 142 Å². The highest BCUT2D eigenvalue weighted by Crippen LogP contribution is 2.21. The van der Waals surface area contributed by atoms with Crippen LogP contribution in [0.4, 0.5) is 10.2 Å². The summed E-state index contributed by atoms with van der Waals surface area (Å²) >= 11 is 3.16. The first-order chi connectivity index (χ1) is 11.0. The maximum Gasteiger partial charge on any atom is 0.258 e. The lowest BCUT2D eigenvalue weighted by atomic mass is 10.2. The van der Waals surface area contributed by atoms with Crippen LogP contribution in [0.2, 0.25) is 0 Å². The standard InChI is InChI=1S/C16H17BrFN3O2/c1-21(2)15-7-11(5-6-19-15)9-20-16(22)10-23-14-4-3-12(17)8-13(14)18/h3-8H,9-10H2,1-2H3,(H,20,22). The summed E-state index contributed by atoms with van der Waals surface area (Å²) in [6.45, 7) is 0.110. The molecule has 0 spiro atoms. The Morgan fingerprint density at radius 2 is 2.13 bits per heavy atom. The van der Waals surface area contributed by atoms with Crippen LogP contribution in [0.25, 0.3) is 0 Å². The van der Waals surface area contributed by atoms with Gasteiger partial charge in [-0.2, -0.15) is 0 Å². The minimum absolute atomic E-state index is 0.0437. The van der Waals surface area contributed by atoms with Crippen molar-refractivity contribution in [2.24, 2.45) is 0 Å². The van der Waals surface area contributed by atoms with E-state index in [0.717, 1.165) is 11.4 Å². The van der Waals surface area contributed by atoms with Crippen molar-refractivity contribution in [3.8, 4) is 5.75 Å². The number of hydrogen-bond donors (Lipinski definition) is 1. The molecule has 0 saturated carbocycles. The van der Waals surface area contributed by atoms with E-state index in [1.54, 1.807) is 12.3 Å². The first-order valence-corrected chi connectivity index (χ1v) is 7.72. The Morgan fingerprint density at radius 3 is 2.83 bits per heavy atom. The Morgan fingerprint density at radius 1 is 1.35 bits per heavy atom. The van der Waals surface area contributed by atoms with Gasteiger partial charge < -0.3 is 15.0 Å². The molecule has 0 aliphatic carbocycles. The van der Waals surface area contributed by atoms with Gasteiger partial charge in [0.25, 0.3) is 5.91 Å². The third-order valence-corrected chi connectivity index (χ3v) is 3.50. The number of nitrogens with zero attached hydrogens (tertiary/aromatic N) is 2. The molecule has 1 N–H and O–H groups in total. The lowest BCUT2D eigenvalue weighted by Crippen LogP contribution is -2.28.